The summed E-state index contributed by atoms with van der Waals surface area (Å²) in [6.45, 7) is 4.87. The zero-order valence-electron chi connectivity index (χ0n) is 12.5. The first-order valence-electron chi connectivity index (χ1n) is 7.54. The molecule has 1 atom stereocenters. The van der Waals surface area contributed by atoms with Gasteiger partial charge in [-0.3, -0.25) is 9.69 Å². The van der Waals surface area contributed by atoms with Gasteiger partial charge in [-0.1, -0.05) is 30.7 Å². The molecule has 1 amide bonds. The number of amides is 1. The molecule has 3 nitrogen and oxygen atoms in total. The van der Waals surface area contributed by atoms with Crippen LogP contribution in [0.3, 0.4) is 0 Å². The van der Waals surface area contributed by atoms with Crippen LogP contribution in [0.2, 0.25) is 5.02 Å². The molecule has 1 saturated heterocycles. The molecule has 0 aliphatic carbocycles. The van der Waals surface area contributed by atoms with Gasteiger partial charge in [0.25, 0.3) is 0 Å². The van der Waals surface area contributed by atoms with Crippen LogP contribution in [0.25, 0.3) is 0 Å². The van der Waals surface area contributed by atoms with E-state index in [4.69, 9.17) is 11.6 Å². The summed E-state index contributed by atoms with van der Waals surface area (Å²) >= 11 is 7.77. The summed E-state index contributed by atoms with van der Waals surface area (Å²) in [5.41, 5.74) is 1.23. The normalized spacial score (nSPS) is 18.9. The molecular formula is C16H23ClN2OS. The van der Waals surface area contributed by atoms with Gasteiger partial charge in [-0.05, 0) is 43.6 Å². The molecule has 1 fully saturated rings. The molecule has 5 heteroatoms. The Balaban J connectivity index is 1.62. The highest BCUT2D eigenvalue weighted by Gasteiger charge is 2.28. The second-order valence-electron chi connectivity index (χ2n) is 5.26. The maximum Gasteiger partial charge on any atom is 0.237 e. The van der Waals surface area contributed by atoms with Crippen LogP contribution in [0.4, 0.5) is 0 Å². The zero-order valence-corrected chi connectivity index (χ0v) is 14.1. The summed E-state index contributed by atoms with van der Waals surface area (Å²) < 4.78 is 0. The van der Waals surface area contributed by atoms with Gasteiger partial charge in [0.1, 0.15) is 0 Å². The molecule has 1 heterocycles. The number of likely N-dealkylation sites (N-methyl/N-ethyl adjacent to an activating group) is 1. The van der Waals surface area contributed by atoms with E-state index in [9.17, 15) is 4.79 Å². The summed E-state index contributed by atoms with van der Waals surface area (Å²) in [5, 5.41) is 3.84. The number of carbonyl (C=O) groups is 1. The molecule has 0 unspecified atom stereocenters. The van der Waals surface area contributed by atoms with E-state index in [2.05, 4.69) is 23.2 Å². The lowest BCUT2D eigenvalue weighted by molar-refractivity contribution is -0.125. The van der Waals surface area contributed by atoms with Gasteiger partial charge in [0, 0.05) is 23.1 Å². The second kappa shape index (κ2) is 8.66. The topological polar surface area (TPSA) is 32.3 Å². The average molecular weight is 327 g/mol. The predicted octanol–water partition coefficient (Wildman–Crippen LogP) is 3.17. The molecule has 0 radical (unpaired) electrons. The van der Waals surface area contributed by atoms with Crippen molar-refractivity contribution in [1.29, 1.82) is 0 Å². The fourth-order valence-electron chi connectivity index (χ4n) is 2.68. The van der Waals surface area contributed by atoms with Gasteiger partial charge in [0.2, 0.25) is 5.91 Å². The lowest BCUT2D eigenvalue weighted by atomic mass is 10.2. The highest BCUT2D eigenvalue weighted by Crippen LogP contribution is 2.17. The number of hydrogen-bond donors (Lipinski definition) is 1. The van der Waals surface area contributed by atoms with Crippen molar-refractivity contribution in [3.63, 3.8) is 0 Å². The van der Waals surface area contributed by atoms with Crippen molar-refractivity contribution < 1.29 is 4.79 Å². The monoisotopic (exact) mass is 326 g/mol. The highest BCUT2D eigenvalue weighted by molar-refractivity contribution is 7.98. The Labute approximate surface area is 136 Å². The first-order valence-corrected chi connectivity index (χ1v) is 9.08. The lowest BCUT2D eigenvalue weighted by Gasteiger charge is -2.21. The second-order valence-corrected chi connectivity index (χ2v) is 6.80. The molecule has 1 aromatic rings. The number of benzene rings is 1. The lowest BCUT2D eigenvalue weighted by Crippen LogP contribution is -2.43. The number of thioether (sulfide) groups is 1. The molecule has 0 bridgehead atoms. The van der Waals surface area contributed by atoms with Gasteiger partial charge in [0.05, 0.1) is 6.04 Å². The summed E-state index contributed by atoms with van der Waals surface area (Å²) in [6, 6.07) is 8.02. The van der Waals surface area contributed by atoms with E-state index in [0.717, 1.165) is 49.0 Å². The summed E-state index contributed by atoms with van der Waals surface area (Å²) in [7, 11) is 0. The Morgan fingerprint density at radius 1 is 1.52 bits per heavy atom. The van der Waals surface area contributed by atoms with E-state index in [0.29, 0.717) is 0 Å². The number of nitrogens with one attached hydrogen (secondary N) is 1. The fourth-order valence-corrected chi connectivity index (χ4v) is 3.70. The molecule has 1 aromatic carbocycles. The van der Waals surface area contributed by atoms with E-state index in [-0.39, 0.29) is 11.9 Å². The van der Waals surface area contributed by atoms with Crippen molar-refractivity contribution >= 4 is 29.3 Å². The molecule has 0 spiro atoms. The smallest absolute Gasteiger partial charge is 0.237 e. The highest BCUT2D eigenvalue weighted by atomic mass is 35.5. The minimum absolute atomic E-state index is 0.0907. The number of likely N-dealkylation sites (tertiary alicyclic amines) is 1. The molecule has 1 aliphatic rings. The molecule has 21 heavy (non-hydrogen) atoms. The van der Waals surface area contributed by atoms with E-state index >= 15 is 0 Å². The SMILES string of the molecule is CCN1CCC[C@H]1C(=O)NCCSCc1cccc(Cl)c1. The van der Waals surface area contributed by atoms with Crippen LogP contribution in [-0.2, 0) is 10.5 Å². The van der Waals surface area contributed by atoms with Gasteiger partial charge in [-0.2, -0.15) is 11.8 Å². The summed E-state index contributed by atoms with van der Waals surface area (Å²) in [4.78, 5) is 14.4. The van der Waals surface area contributed by atoms with E-state index < -0.39 is 0 Å². The van der Waals surface area contributed by atoms with Crippen LogP contribution in [0.5, 0.6) is 0 Å². The van der Waals surface area contributed by atoms with E-state index in [1.54, 1.807) is 0 Å². The number of carbonyl (C=O) groups excluding carboxylic acids is 1. The molecular weight excluding hydrogens is 304 g/mol. The first kappa shape index (κ1) is 16.7. The molecule has 0 aromatic heterocycles. The molecule has 1 aliphatic heterocycles. The van der Waals surface area contributed by atoms with Crippen LogP contribution in [-0.4, -0.2) is 42.2 Å². The molecule has 1 N–H and O–H groups in total. The van der Waals surface area contributed by atoms with Crippen molar-refractivity contribution in [1.82, 2.24) is 10.2 Å². The Kier molecular flexibility index (Phi) is 6.87. The summed E-state index contributed by atoms with van der Waals surface area (Å²) in [6.07, 6.45) is 2.13. The first-order chi connectivity index (χ1) is 10.2. The number of rotatable bonds is 7. The Morgan fingerprint density at radius 3 is 3.14 bits per heavy atom. The minimum atomic E-state index is 0.0907. The Bertz CT molecular complexity index is 469. The standard InChI is InChI=1S/C16H23ClN2OS/c1-2-19-9-4-7-15(19)16(20)18-8-10-21-12-13-5-3-6-14(17)11-13/h3,5-6,11,15H,2,4,7-10,12H2,1H3,(H,18,20)/t15-/m0/s1. The quantitative estimate of drug-likeness (QED) is 0.781. The molecule has 2 rings (SSSR count). The Morgan fingerprint density at radius 2 is 2.38 bits per heavy atom. The van der Waals surface area contributed by atoms with Crippen molar-refractivity contribution in [2.45, 2.75) is 31.6 Å². The third-order valence-corrected chi connectivity index (χ3v) is 5.04. The van der Waals surface area contributed by atoms with Crippen molar-refractivity contribution in [3.8, 4) is 0 Å². The van der Waals surface area contributed by atoms with E-state index in [1.165, 1.54) is 5.56 Å². The molecule has 0 saturated carbocycles. The van der Waals surface area contributed by atoms with Crippen LogP contribution in [0.1, 0.15) is 25.3 Å². The van der Waals surface area contributed by atoms with Gasteiger partial charge >= 0.3 is 0 Å². The minimum Gasteiger partial charge on any atom is -0.354 e. The number of nitrogens with zero attached hydrogens (tertiary/aromatic N) is 1. The average Bonchev–Trinajstić information content (AvgIpc) is 2.95. The largest absolute Gasteiger partial charge is 0.354 e. The van der Waals surface area contributed by atoms with Gasteiger partial charge < -0.3 is 5.32 Å². The van der Waals surface area contributed by atoms with Crippen LogP contribution < -0.4 is 5.32 Å². The van der Waals surface area contributed by atoms with Crippen molar-refractivity contribution in [2.75, 3.05) is 25.4 Å². The third-order valence-electron chi connectivity index (χ3n) is 3.78. The maximum atomic E-state index is 12.1. The van der Waals surface area contributed by atoms with E-state index in [1.807, 2.05) is 30.0 Å². The Hall–Kier alpha value is -0.710. The van der Waals surface area contributed by atoms with Gasteiger partial charge in [0.15, 0.2) is 0 Å². The fraction of sp³-hybridized carbons (Fsp3) is 0.562. The zero-order chi connectivity index (χ0) is 15.1. The van der Waals surface area contributed by atoms with Crippen LogP contribution in [0.15, 0.2) is 24.3 Å². The van der Waals surface area contributed by atoms with Crippen molar-refractivity contribution in [3.05, 3.63) is 34.9 Å². The third kappa shape index (κ3) is 5.20. The molecule has 116 valence electrons. The number of hydrogen-bond acceptors (Lipinski definition) is 3. The van der Waals surface area contributed by atoms with Crippen molar-refractivity contribution in [2.24, 2.45) is 0 Å². The van der Waals surface area contributed by atoms with Gasteiger partial charge in [-0.15, -0.1) is 0 Å². The summed E-state index contributed by atoms with van der Waals surface area (Å²) in [5.74, 6) is 2.05. The maximum absolute atomic E-state index is 12.1. The van der Waals surface area contributed by atoms with Crippen LogP contribution in [0, 0.1) is 0 Å². The van der Waals surface area contributed by atoms with Gasteiger partial charge in [-0.25, -0.2) is 0 Å². The van der Waals surface area contributed by atoms with Crippen LogP contribution >= 0.6 is 23.4 Å². The predicted molar refractivity (Wildman–Crippen MR) is 90.9 cm³/mol. The number of halogens is 1.